The zero-order valence-corrected chi connectivity index (χ0v) is 10.6. The van der Waals surface area contributed by atoms with Gasteiger partial charge in [0.2, 0.25) is 0 Å². The van der Waals surface area contributed by atoms with Gasteiger partial charge in [-0.25, -0.2) is 9.37 Å². The summed E-state index contributed by atoms with van der Waals surface area (Å²) in [6.07, 6.45) is 0.888. The Balaban J connectivity index is 1.75. The third-order valence-electron chi connectivity index (χ3n) is 2.50. The van der Waals surface area contributed by atoms with Crippen LogP contribution in [0.4, 0.5) is 4.39 Å². The molecular formula is C13H15FN2S. The highest BCUT2D eigenvalue weighted by atomic mass is 32.1. The van der Waals surface area contributed by atoms with Crippen molar-refractivity contribution in [1.82, 2.24) is 10.3 Å². The summed E-state index contributed by atoms with van der Waals surface area (Å²) in [6.45, 7) is 3.38. The Bertz CT molecular complexity index is 482. The minimum atomic E-state index is -0.149. The summed E-state index contributed by atoms with van der Waals surface area (Å²) >= 11 is 1.66. The van der Waals surface area contributed by atoms with Crippen molar-refractivity contribution in [3.63, 3.8) is 0 Å². The quantitative estimate of drug-likeness (QED) is 0.825. The summed E-state index contributed by atoms with van der Waals surface area (Å²) in [6, 6.07) is 6.84. The number of nitrogens with one attached hydrogen (secondary N) is 1. The molecule has 0 bridgehead atoms. The van der Waals surface area contributed by atoms with Crippen molar-refractivity contribution in [1.29, 1.82) is 0 Å². The van der Waals surface area contributed by atoms with Crippen LogP contribution in [0.1, 0.15) is 16.3 Å². The SMILES string of the molecule is Cc1nc(CCNCc2ccccc2F)cs1. The van der Waals surface area contributed by atoms with Crippen LogP contribution in [-0.4, -0.2) is 11.5 Å². The van der Waals surface area contributed by atoms with Crippen molar-refractivity contribution < 1.29 is 4.39 Å². The smallest absolute Gasteiger partial charge is 0.127 e. The lowest BCUT2D eigenvalue weighted by Crippen LogP contribution is -2.17. The number of thiazole rings is 1. The van der Waals surface area contributed by atoms with Gasteiger partial charge in [-0.05, 0) is 13.0 Å². The Morgan fingerprint density at radius 2 is 2.18 bits per heavy atom. The first-order chi connectivity index (χ1) is 8.25. The number of hydrogen-bond donors (Lipinski definition) is 1. The molecule has 0 saturated heterocycles. The largest absolute Gasteiger partial charge is 0.312 e. The van der Waals surface area contributed by atoms with E-state index >= 15 is 0 Å². The first kappa shape index (κ1) is 12.2. The molecule has 0 radical (unpaired) electrons. The van der Waals surface area contributed by atoms with E-state index in [4.69, 9.17) is 0 Å². The van der Waals surface area contributed by atoms with Crippen molar-refractivity contribution in [3.8, 4) is 0 Å². The van der Waals surface area contributed by atoms with Crippen molar-refractivity contribution in [2.24, 2.45) is 0 Å². The molecule has 0 aliphatic heterocycles. The number of hydrogen-bond acceptors (Lipinski definition) is 3. The normalized spacial score (nSPS) is 10.7. The number of rotatable bonds is 5. The molecule has 0 saturated carbocycles. The van der Waals surface area contributed by atoms with Crippen molar-refractivity contribution in [3.05, 3.63) is 51.7 Å². The van der Waals surface area contributed by atoms with E-state index in [0.717, 1.165) is 23.7 Å². The maximum atomic E-state index is 13.3. The Kier molecular flexibility index (Phi) is 4.23. The molecule has 17 heavy (non-hydrogen) atoms. The fourth-order valence-electron chi connectivity index (χ4n) is 1.60. The highest BCUT2D eigenvalue weighted by molar-refractivity contribution is 7.09. The van der Waals surface area contributed by atoms with Gasteiger partial charge in [0.05, 0.1) is 10.7 Å². The zero-order chi connectivity index (χ0) is 12.1. The van der Waals surface area contributed by atoms with Crippen LogP contribution >= 0.6 is 11.3 Å². The molecule has 2 rings (SSSR count). The summed E-state index contributed by atoms with van der Waals surface area (Å²) in [5, 5.41) is 6.39. The number of benzene rings is 1. The molecule has 0 aliphatic rings. The standard InChI is InChI=1S/C13H15FN2S/c1-10-16-12(9-17-10)6-7-15-8-11-4-2-3-5-13(11)14/h2-5,9,15H,6-8H2,1H3. The van der Waals surface area contributed by atoms with Crippen LogP contribution in [0.2, 0.25) is 0 Å². The predicted octanol–water partition coefficient (Wildman–Crippen LogP) is 2.92. The third kappa shape index (κ3) is 3.61. The van der Waals surface area contributed by atoms with E-state index in [2.05, 4.69) is 15.7 Å². The van der Waals surface area contributed by atoms with Crippen LogP contribution in [0.3, 0.4) is 0 Å². The monoisotopic (exact) mass is 250 g/mol. The fraction of sp³-hybridized carbons (Fsp3) is 0.308. The first-order valence-corrected chi connectivity index (χ1v) is 6.49. The summed E-state index contributed by atoms with van der Waals surface area (Å²) < 4.78 is 13.3. The molecule has 1 N–H and O–H groups in total. The topological polar surface area (TPSA) is 24.9 Å². The van der Waals surface area contributed by atoms with E-state index in [0.29, 0.717) is 12.1 Å². The van der Waals surface area contributed by atoms with Crippen LogP contribution in [0.25, 0.3) is 0 Å². The number of aryl methyl sites for hydroxylation is 1. The van der Waals surface area contributed by atoms with E-state index < -0.39 is 0 Å². The lowest BCUT2D eigenvalue weighted by molar-refractivity contribution is 0.587. The fourth-order valence-corrected chi connectivity index (χ4v) is 2.25. The summed E-state index contributed by atoms with van der Waals surface area (Å²) in [5.74, 6) is -0.149. The molecule has 0 amide bonds. The minimum absolute atomic E-state index is 0.149. The second-order valence-electron chi connectivity index (χ2n) is 3.88. The molecule has 0 atom stereocenters. The van der Waals surface area contributed by atoms with Crippen LogP contribution in [0.5, 0.6) is 0 Å². The van der Waals surface area contributed by atoms with E-state index in [1.807, 2.05) is 13.0 Å². The van der Waals surface area contributed by atoms with Gasteiger partial charge in [-0.1, -0.05) is 18.2 Å². The Morgan fingerprint density at radius 1 is 1.35 bits per heavy atom. The van der Waals surface area contributed by atoms with Gasteiger partial charge in [0, 0.05) is 30.5 Å². The number of halogens is 1. The average molecular weight is 250 g/mol. The van der Waals surface area contributed by atoms with E-state index in [-0.39, 0.29) is 5.82 Å². The Morgan fingerprint density at radius 3 is 2.88 bits per heavy atom. The maximum absolute atomic E-state index is 13.3. The number of nitrogens with zero attached hydrogens (tertiary/aromatic N) is 1. The molecule has 0 fully saturated rings. The molecule has 1 heterocycles. The molecular weight excluding hydrogens is 235 g/mol. The molecule has 1 aromatic heterocycles. The highest BCUT2D eigenvalue weighted by Crippen LogP contribution is 2.08. The molecule has 90 valence electrons. The second kappa shape index (κ2) is 5.89. The lowest BCUT2D eigenvalue weighted by Gasteiger charge is -2.04. The summed E-state index contributed by atoms with van der Waals surface area (Å²) in [5.41, 5.74) is 1.82. The van der Waals surface area contributed by atoms with E-state index in [1.165, 1.54) is 6.07 Å². The van der Waals surface area contributed by atoms with Gasteiger partial charge >= 0.3 is 0 Å². The molecule has 0 aliphatic carbocycles. The molecule has 4 heteroatoms. The van der Waals surface area contributed by atoms with Crippen molar-refractivity contribution in [2.45, 2.75) is 19.9 Å². The molecule has 0 spiro atoms. The predicted molar refractivity (Wildman–Crippen MR) is 68.7 cm³/mol. The van der Waals surface area contributed by atoms with E-state index in [1.54, 1.807) is 23.5 Å². The molecule has 2 aromatic rings. The van der Waals surface area contributed by atoms with Gasteiger partial charge in [-0.15, -0.1) is 11.3 Å². The van der Waals surface area contributed by atoms with Crippen molar-refractivity contribution >= 4 is 11.3 Å². The van der Waals surface area contributed by atoms with Gasteiger partial charge in [0.1, 0.15) is 5.82 Å². The van der Waals surface area contributed by atoms with Crippen molar-refractivity contribution in [2.75, 3.05) is 6.54 Å². The lowest BCUT2D eigenvalue weighted by atomic mass is 10.2. The first-order valence-electron chi connectivity index (χ1n) is 5.61. The van der Waals surface area contributed by atoms with Crippen LogP contribution in [0.15, 0.2) is 29.6 Å². The summed E-state index contributed by atoms with van der Waals surface area (Å²) in [4.78, 5) is 4.38. The maximum Gasteiger partial charge on any atom is 0.127 e. The van der Waals surface area contributed by atoms with Gasteiger partial charge < -0.3 is 5.32 Å². The van der Waals surface area contributed by atoms with Gasteiger partial charge in [-0.2, -0.15) is 0 Å². The number of aromatic nitrogens is 1. The van der Waals surface area contributed by atoms with Crippen LogP contribution in [-0.2, 0) is 13.0 Å². The highest BCUT2D eigenvalue weighted by Gasteiger charge is 2.01. The van der Waals surface area contributed by atoms with E-state index in [9.17, 15) is 4.39 Å². The third-order valence-corrected chi connectivity index (χ3v) is 3.32. The average Bonchev–Trinajstić information content (AvgIpc) is 2.73. The van der Waals surface area contributed by atoms with Crippen LogP contribution in [0, 0.1) is 12.7 Å². The van der Waals surface area contributed by atoms with Gasteiger partial charge in [0.15, 0.2) is 0 Å². The zero-order valence-electron chi connectivity index (χ0n) is 9.74. The van der Waals surface area contributed by atoms with Gasteiger partial charge in [-0.3, -0.25) is 0 Å². The molecule has 2 nitrogen and oxygen atoms in total. The van der Waals surface area contributed by atoms with Gasteiger partial charge in [0.25, 0.3) is 0 Å². The molecule has 0 unspecified atom stereocenters. The minimum Gasteiger partial charge on any atom is -0.312 e. The van der Waals surface area contributed by atoms with Crippen LogP contribution < -0.4 is 5.32 Å². The Labute approximate surface area is 105 Å². The second-order valence-corrected chi connectivity index (χ2v) is 4.94. The summed E-state index contributed by atoms with van der Waals surface area (Å²) in [7, 11) is 0. The molecule has 1 aromatic carbocycles. The Hall–Kier alpha value is -1.26.